The Kier molecular flexibility index (Phi) is 2.46. The topological polar surface area (TPSA) is 29.5 Å². The summed E-state index contributed by atoms with van der Waals surface area (Å²) in [5.41, 5.74) is 3.93. The van der Waals surface area contributed by atoms with Crippen molar-refractivity contribution in [1.29, 1.82) is 0 Å². The SMILES string of the molecule is COc1ccc(C)c2c1C(CO)CC2. The molecule has 76 valence electrons. The Bertz CT molecular complexity index is 344. The van der Waals surface area contributed by atoms with Gasteiger partial charge < -0.3 is 9.84 Å². The molecule has 1 aliphatic rings. The zero-order valence-electron chi connectivity index (χ0n) is 8.71. The van der Waals surface area contributed by atoms with Crippen LogP contribution in [0.2, 0.25) is 0 Å². The van der Waals surface area contributed by atoms with Crippen LogP contribution < -0.4 is 4.74 Å². The van der Waals surface area contributed by atoms with Crippen molar-refractivity contribution in [3.8, 4) is 5.75 Å². The minimum absolute atomic E-state index is 0.229. The molecule has 1 aromatic carbocycles. The summed E-state index contributed by atoms with van der Waals surface area (Å²) in [5, 5.41) is 9.27. The van der Waals surface area contributed by atoms with Crippen LogP contribution in [0.3, 0.4) is 0 Å². The van der Waals surface area contributed by atoms with E-state index in [4.69, 9.17) is 4.74 Å². The molecule has 1 aliphatic carbocycles. The maximum absolute atomic E-state index is 9.27. The maximum Gasteiger partial charge on any atom is 0.122 e. The van der Waals surface area contributed by atoms with E-state index in [0.29, 0.717) is 0 Å². The zero-order chi connectivity index (χ0) is 10.1. The highest BCUT2D eigenvalue weighted by Gasteiger charge is 2.26. The minimum atomic E-state index is 0.229. The summed E-state index contributed by atoms with van der Waals surface area (Å²) in [6.07, 6.45) is 2.12. The molecule has 0 aliphatic heterocycles. The predicted molar refractivity (Wildman–Crippen MR) is 55.9 cm³/mol. The van der Waals surface area contributed by atoms with Gasteiger partial charge in [-0.15, -0.1) is 0 Å². The van der Waals surface area contributed by atoms with Crippen LogP contribution in [0.25, 0.3) is 0 Å². The molecular weight excluding hydrogens is 176 g/mol. The normalized spacial score (nSPS) is 19.5. The van der Waals surface area contributed by atoms with Crippen LogP contribution in [0.15, 0.2) is 12.1 Å². The summed E-state index contributed by atoms with van der Waals surface area (Å²) in [5.74, 6) is 1.21. The molecule has 2 rings (SSSR count). The number of ether oxygens (including phenoxy) is 1. The summed E-state index contributed by atoms with van der Waals surface area (Å²) < 4.78 is 5.33. The third-order valence-electron chi connectivity index (χ3n) is 3.14. The molecule has 1 unspecified atom stereocenters. The lowest BCUT2D eigenvalue weighted by molar-refractivity contribution is 0.262. The first-order valence-electron chi connectivity index (χ1n) is 5.05. The van der Waals surface area contributed by atoms with Crippen LogP contribution in [0.5, 0.6) is 5.75 Å². The molecule has 1 aromatic rings. The van der Waals surface area contributed by atoms with Gasteiger partial charge in [0.15, 0.2) is 0 Å². The quantitative estimate of drug-likeness (QED) is 0.776. The largest absolute Gasteiger partial charge is 0.496 e. The monoisotopic (exact) mass is 192 g/mol. The standard InChI is InChI=1S/C12H16O2/c1-8-3-6-11(14-2)12-9(7-13)4-5-10(8)12/h3,6,9,13H,4-5,7H2,1-2H3. The zero-order valence-corrected chi connectivity index (χ0v) is 8.71. The van der Waals surface area contributed by atoms with Crippen LogP contribution in [0.1, 0.15) is 29.0 Å². The Hall–Kier alpha value is -1.02. The van der Waals surface area contributed by atoms with E-state index in [1.54, 1.807) is 7.11 Å². The second-order valence-corrected chi connectivity index (χ2v) is 3.90. The Morgan fingerprint density at radius 3 is 2.93 bits per heavy atom. The van der Waals surface area contributed by atoms with Gasteiger partial charge in [-0.25, -0.2) is 0 Å². The van der Waals surface area contributed by atoms with Gasteiger partial charge in [0.05, 0.1) is 13.7 Å². The first-order chi connectivity index (χ1) is 6.77. The van der Waals surface area contributed by atoms with Crippen molar-refractivity contribution in [2.45, 2.75) is 25.7 Å². The number of aryl methyl sites for hydroxylation is 1. The van der Waals surface area contributed by atoms with Crippen molar-refractivity contribution < 1.29 is 9.84 Å². The molecule has 0 amide bonds. The van der Waals surface area contributed by atoms with Gasteiger partial charge in [-0.3, -0.25) is 0 Å². The maximum atomic E-state index is 9.27. The van der Waals surface area contributed by atoms with Crippen LogP contribution in [0.4, 0.5) is 0 Å². The lowest BCUT2D eigenvalue weighted by Gasteiger charge is -2.13. The molecule has 0 radical (unpaired) electrons. The van der Waals surface area contributed by atoms with Crippen LogP contribution in [0, 0.1) is 6.92 Å². The molecule has 0 fully saturated rings. The van der Waals surface area contributed by atoms with Gasteiger partial charge in [-0.1, -0.05) is 6.07 Å². The smallest absolute Gasteiger partial charge is 0.122 e. The second kappa shape index (κ2) is 3.62. The molecule has 2 heteroatoms. The summed E-state index contributed by atoms with van der Waals surface area (Å²) in [4.78, 5) is 0. The highest BCUT2D eigenvalue weighted by molar-refractivity contribution is 5.49. The lowest BCUT2D eigenvalue weighted by Crippen LogP contribution is -2.02. The van der Waals surface area contributed by atoms with Crippen molar-refractivity contribution in [3.05, 3.63) is 28.8 Å². The molecule has 0 aromatic heterocycles. The predicted octanol–water partition coefficient (Wildman–Crippen LogP) is 2.03. The summed E-state index contributed by atoms with van der Waals surface area (Å²) in [6, 6.07) is 4.10. The number of fused-ring (bicyclic) bond motifs is 1. The van der Waals surface area contributed by atoms with Gasteiger partial charge in [0.25, 0.3) is 0 Å². The second-order valence-electron chi connectivity index (χ2n) is 3.90. The van der Waals surface area contributed by atoms with Gasteiger partial charge in [-0.05, 0) is 37.0 Å². The molecule has 0 saturated carbocycles. The van der Waals surface area contributed by atoms with Crippen LogP contribution in [-0.4, -0.2) is 18.8 Å². The first kappa shape index (κ1) is 9.53. The number of rotatable bonds is 2. The Labute approximate surface area is 84.5 Å². The third kappa shape index (κ3) is 1.30. The summed E-state index contributed by atoms with van der Waals surface area (Å²) in [6.45, 7) is 2.35. The highest BCUT2D eigenvalue weighted by atomic mass is 16.5. The number of hydrogen-bond donors (Lipinski definition) is 1. The Morgan fingerprint density at radius 2 is 2.29 bits per heavy atom. The summed E-state index contributed by atoms with van der Waals surface area (Å²) >= 11 is 0. The summed E-state index contributed by atoms with van der Waals surface area (Å²) in [7, 11) is 1.69. The average Bonchev–Trinajstić information content (AvgIpc) is 2.63. The van der Waals surface area contributed by atoms with E-state index in [9.17, 15) is 5.11 Å². The Morgan fingerprint density at radius 1 is 1.50 bits per heavy atom. The van der Waals surface area contributed by atoms with Crippen molar-refractivity contribution in [1.82, 2.24) is 0 Å². The van der Waals surface area contributed by atoms with Gasteiger partial charge in [0.2, 0.25) is 0 Å². The van der Waals surface area contributed by atoms with Crippen LogP contribution in [-0.2, 0) is 6.42 Å². The fourth-order valence-corrected chi connectivity index (χ4v) is 2.36. The molecule has 0 heterocycles. The van der Waals surface area contributed by atoms with E-state index in [2.05, 4.69) is 13.0 Å². The lowest BCUT2D eigenvalue weighted by atomic mass is 9.98. The number of methoxy groups -OCH3 is 1. The van der Waals surface area contributed by atoms with Crippen molar-refractivity contribution >= 4 is 0 Å². The van der Waals surface area contributed by atoms with E-state index in [1.807, 2.05) is 6.07 Å². The third-order valence-corrected chi connectivity index (χ3v) is 3.14. The average molecular weight is 192 g/mol. The van der Waals surface area contributed by atoms with Gasteiger partial charge in [0.1, 0.15) is 5.75 Å². The van der Waals surface area contributed by atoms with E-state index >= 15 is 0 Å². The van der Waals surface area contributed by atoms with Gasteiger partial charge in [-0.2, -0.15) is 0 Å². The molecule has 0 bridgehead atoms. The molecule has 14 heavy (non-hydrogen) atoms. The number of hydrogen-bond acceptors (Lipinski definition) is 2. The first-order valence-corrected chi connectivity index (χ1v) is 5.05. The van der Waals surface area contributed by atoms with E-state index in [-0.39, 0.29) is 12.5 Å². The number of benzene rings is 1. The Balaban J connectivity index is 2.54. The molecule has 1 atom stereocenters. The fraction of sp³-hybridized carbons (Fsp3) is 0.500. The van der Waals surface area contributed by atoms with Gasteiger partial charge >= 0.3 is 0 Å². The number of aliphatic hydroxyl groups is 1. The van der Waals surface area contributed by atoms with Gasteiger partial charge in [0, 0.05) is 11.5 Å². The van der Waals surface area contributed by atoms with E-state index < -0.39 is 0 Å². The molecule has 2 nitrogen and oxygen atoms in total. The van der Waals surface area contributed by atoms with E-state index in [1.165, 1.54) is 16.7 Å². The molecule has 0 spiro atoms. The molecule has 0 saturated heterocycles. The van der Waals surface area contributed by atoms with Crippen molar-refractivity contribution in [2.24, 2.45) is 0 Å². The highest BCUT2D eigenvalue weighted by Crippen LogP contribution is 2.40. The van der Waals surface area contributed by atoms with Crippen molar-refractivity contribution in [3.63, 3.8) is 0 Å². The van der Waals surface area contributed by atoms with Crippen molar-refractivity contribution in [2.75, 3.05) is 13.7 Å². The number of aliphatic hydroxyl groups excluding tert-OH is 1. The minimum Gasteiger partial charge on any atom is -0.496 e. The van der Waals surface area contributed by atoms with Crippen LogP contribution >= 0.6 is 0 Å². The molecular formula is C12H16O2. The fourth-order valence-electron chi connectivity index (χ4n) is 2.36. The van der Waals surface area contributed by atoms with E-state index in [0.717, 1.165) is 18.6 Å². The molecule has 1 N–H and O–H groups in total.